The molecule has 0 spiro atoms. The first kappa shape index (κ1) is 18.9. The maximum Gasteiger partial charge on any atom is 0.323 e. The summed E-state index contributed by atoms with van der Waals surface area (Å²) in [6, 6.07) is 8.69. The van der Waals surface area contributed by atoms with Crippen LogP contribution in [0.4, 0.5) is 4.79 Å². The molecule has 1 saturated carbocycles. The van der Waals surface area contributed by atoms with E-state index in [1.807, 2.05) is 35.2 Å². The van der Waals surface area contributed by atoms with Crippen molar-refractivity contribution < 1.29 is 19.1 Å². The number of ether oxygens (including phenoxy) is 1. The van der Waals surface area contributed by atoms with Gasteiger partial charge in [-0.05, 0) is 31.7 Å². The molecular weight excluding hydrogens is 322 g/mol. The molecule has 1 aromatic carbocycles. The van der Waals surface area contributed by atoms with Crippen LogP contribution in [0.1, 0.15) is 25.3 Å². The van der Waals surface area contributed by atoms with E-state index in [4.69, 9.17) is 4.74 Å². The van der Waals surface area contributed by atoms with E-state index < -0.39 is 18.0 Å². The standard InChI is InChI=1S/C18H25N3O4/c1-3-25-17(23)15(11-13-7-5-4-6-8-13)21(14-9-10-14)12-16(22)20-18(24)19-2/h4-8,14-15H,3,9-12H2,1-2H3,(H2,19,20,22,24)/t15-/m0/s1. The van der Waals surface area contributed by atoms with E-state index in [2.05, 4.69) is 10.6 Å². The van der Waals surface area contributed by atoms with Gasteiger partial charge in [0, 0.05) is 13.1 Å². The highest BCUT2D eigenvalue weighted by Crippen LogP contribution is 2.30. The highest BCUT2D eigenvalue weighted by molar-refractivity contribution is 5.95. The van der Waals surface area contributed by atoms with Crippen molar-refractivity contribution >= 4 is 17.9 Å². The Morgan fingerprint density at radius 3 is 2.48 bits per heavy atom. The van der Waals surface area contributed by atoms with Gasteiger partial charge < -0.3 is 10.1 Å². The van der Waals surface area contributed by atoms with Crippen LogP contribution < -0.4 is 10.6 Å². The first-order valence-corrected chi connectivity index (χ1v) is 8.53. The Balaban J connectivity index is 2.14. The number of amides is 3. The van der Waals surface area contributed by atoms with Gasteiger partial charge in [-0.1, -0.05) is 30.3 Å². The van der Waals surface area contributed by atoms with Crippen LogP contribution in [0, 0.1) is 0 Å². The third-order valence-electron chi connectivity index (χ3n) is 4.05. The van der Waals surface area contributed by atoms with Crippen LogP contribution in [0.15, 0.2) is 30.3 Å². The highest BCUT2D eigenvalue weighted by Gasteiger charge is 2.39. The number of nitrogens with zero attached hydrogens (tertiary/aromatic N) is 1. The monoisotopic (exact) mass is 347 g/mol. The second-order valence-electron chi connectivity index (χ2n) is 5.99. The normalized spacial score (nSPS) is 14.7. The highest BCUT2D eigenvalue weighted by atomic mass is 16.5. The molecule has 1 atom stereocenters. The third kappa shape index (κ3) is 5.86. The predicted octanol–water partition coefficient (Wildman–Crippen LogP) is 1.08. The minimum atomic E-state index is -0.559. The molecule has 2 rings (SSSR count). The summed E-state index contributed by atoms with van der Waals surface area (Å²) in [5, 5.41) is 4.59. The summed E-state index contributed by atoms with van der Waals surface area (Å²) in [4.78, 5) is 37.8. The van der Waals surface area contributed by atoms with Crippen molar-refractivity contribution in [2.75, 3.05) is 20.2 Å². The fraction of sp³-hybridized carbons (Fsp3) is 0.500. The summed E-state index contributed by atoms with van der Waals surface area (Å²) < 4.78 is 5.23. The zero-order chi connectivity index (χ0) is 18.2. The summed E-state index contributed by atoms with van der Waals surface area (Å²) in [5.41, 5.74) is 0.998. The molecule has 0 radical (unpaired) electrons. The number of rotatable bonds is 8. The van der Waals surface area contributed by atoms with Gasteiger partial charge in [0.2, 0.25) is 5.91 Å². The second-order valence-corrected chi connectivity index (χ2v) is 5.99. The zero-order valence-electron chi connectivity index (χ0n) is 14.7. The Morgan fingerprint density at radius 1 is 1.24 bits per heavy atom. The van der Waals surface area contributed by atoms with Crippen molar-refractivity contribution in [3.05, 3.63) is 35.9 Å². The van der Waals surface area contributed by atoms with Gasteiger partial charge in [0.05, 0.1) is 13.2 Å². The first-order valence-electron chi connectivity index (χ1n) is 8.53. The summed E-state index contributed by atoms with van der Waals surface area (Å²) in [5.74, 6) is -0.778. The van der Waals surface area contributed by atoms with Gasteiger partial charge in [-0.3, -0.25) is 19.8 Å². The average Bonchev–Trinajstić information content (AvgIpc) is 3.44. The number of urea groups is 1. The third-order valence-corrected chi connectivity index (χ3v) is 4.05. The van der Waals surface area contributed by atoms with Crippen molar-refractivity contribution in [3.8, 4) is 0 Å². The number of imide groups is 1. The van der Waals surface area contributed by atoms with Crippen LogP contribution in [0.5, 0.6) is 0 Å². The molecule has 0 bridgehead atoms. The number of benzene rings is 1. The maximum atomic E-state index is 12.5. The smallest absolute Gasteiger partial charge is 0.323 e. The number of esters is 1. The summed E-state index contributed by atoms with van der Waals surface area (Å²) in [6.45, 7) is 2.03. The first-order chi connectivity index (χ1) is 12.0. The van der Waals surface area contributed by atoms with Crippen LogP contribution in [0.3, 0.4) is 0 Å². The number of nitrogens with one attached hydrogen (secondary N) is 2. The van der Waals surface area contributed by atoms with Crippen molar-refractivity contribution in [2.45, 2.75) is 38.3 Å². The molecule has 136 valence electrons. The van der Waals surface area contributed by atoms with Gasteiger partial charge in [0.25, 0.3) is 0 Å². The minimum Gasteiger partial charge on any atom is -0.465 e. The van der Waals surface area contributed by atoms with E-state index in [1.165, 1.54) is 7.05 Å². The summed E-state index contributed by atoms with van der Waals surface area (Å²) >= 11 is 0. The van der Waals surface area contributed by atoms with Crippen LogP contribution in [0.25, 0.3) is 0 Å². The molecule has 1 aromatic rings. The van der Waals surface area contributed by atoms with Gasteiger partial charge in [-0.2, -0.15) is 0 Å². The predicted molar refractivity (Wildman–Crippen MR) is 92.9 cm³/mol. The minimum absolute atomic E-state index is 0.0194. The van der Waals surface area contributed by atoms with Crippen LogP contribution in [-0.2, 0) is 20.7 Å². The molecule has 0 saturated heterocycles. The lowest BCUT2D eigenvalue weighted by Crippen LogP contribution is -2.51. The number of carbonyl (C=O) groups is 3. The van der Waals surface area contributed by atoms with Gasteiger partial charge in [-0.25, -0.2) is 4.79 Å². The van der Waals surface area contributed by atoms with E-state index in [9.17, 15) is 14.4 Å². The SMILES string of the molecule is CCOC(=O)[C@H](Cc1ccccc1)N(CC(=O)NC(=O)NC)C1CC1. The topological polar surface area (TPSA) is 87.7 Å². The molecule has 3 amide bonds. The number of carbonyl (C=O) groups excluding carboxylic acids is 3. The lowest BCUT2D eigenvalue weighted by molar-refractivity contribution is -0.150. The molecular formula is C18H25N3O4. The van der Waals surface area contributed by atoms with Gasteiger partial charge in [0.1, 0.15) is 6.04 Å². The fourth-order valence-corrected chi connectivity index (χ4v) is 2.71. The molecule has 25 heavy (non-hydrogen) atoms. The lowest BCUT2D eigenvalue weighted by Gasteiger charge is -2.29. The molecule has 1 aliphatic rings. The van der Waals surface area contributed by atoms with Crippen molar-refractivity contribution in [3.63, 3.8) is 0 Å². The molecule has 0 heterocycles. The summed E-state index contributed by atoms with van der Waals surface area (Å²) in [7, 11) is 1.44. The lowest BCUT2D eigenvalue weighted by atomic mass is 10.0. The van der Waals surface area contributed by atoms with E-state index in [0.29, 0.717) is 6.42 Å². The van der Waals surface area contributed by atoms with Gasteiger partial charge in [-0.15, -0.1) is 0 Å². The Kier molecular flexibility index (Phi) is 6.94. The van der Waals surface area contributed by atoms with E-state index in [0.717, 1.165) is 18.4 Å². The van der Waals surface area contributed by atoms with Gasteiger partial charge in [0.15, 0.2) is 0 Å². The molecule has 0 unspecified atom stereocenters. The van der Waals surface area contributed by atoms with Crippen molar-refractivity contribution in [1.82, 2.24) is 15.5 Å². The second kappa shape index (κ2) is 9.17. The molecule has 0 aliphatic heterocycles. The molecule has 7 heteroatoms. The van der Waals surface area contributed by atoms with E-state index >= 15 is 0 Å². The van der Waals surface area contributed by atoms with Crippen LogP contribution >= 0.6 is 0 Å². The molecule has 1 fully saturated rings. The molecule has 0 aromatic heterocycles. The van der Waals surface area contributed by atoms with Crippen LogP contribution in [-0.4, -0.2) is 55.1 Å². The molecule has 1 aliphatic carbocycles. The average molecular weight is 347 g/mol. The van der Waals surface area contributed by atoms with E-state index in [1.54, 1.807) is 6.92 Å². The number of hydrogen-bond donors (Lipinski definition) is 2. The maximum absolute atomic E-state index is 12.5. The quantitative estimate of drug-likeness (QED) is 0.687. The fourth-order valence-electron chi connectivity index (χ4n) is 2.71. The zero-order valence-corrected chi connectivity index (χ0v) is 14.7. The Labute approximate surface area is 147 Å². The number of hydrogen-bond acceptors (Lipinski definition) is 5. The van der Waals surface area contributed by atoms with Crippen molar-refractivity contribution in [1.29, 1.82) is 0 Å². The Hall–Kier alpha value is -2.41. The largest absolute Gasteiger partial charge is 0.465 e. The van der Waals surface area contributed by atoms with Crippen molar-refractivity contribution in [2.24, 2.45) is 0 Å². The van der Waals surface area contributed by atoms with Gasteiger partial charge >= 0.3 is 12.0 Å². The molecule has 2 N–H and O–H groups in total. The van der Waals surface area contributed by atoms with Crippen LogP contribution in [0.2, 0.25) is 0 Å². The Morgan fingerprint density at radius 2 is 1.92 bits per heavy atom. The molecule has 7 nitrogen and oxygen atoms in total. The Bertz CT molecular complexity index is 602. The van der Waals surface area contributed by atoms with E-state index in [-0.39, 0.29) is 25.2 Å². The summed E-state index contributed by atoms with van der Waals surface area (Å²) in [6.07, 6.45) is 2.32.